The van der Waals surface area contributed by atoms with E-state index in [4.69, 9.17) is 10.8 Å². The molecule has 88 valence electrons. The third kappa shape index (κ3) is 2.97. The highest BCUT2D eigenvalue weighted by atomic mass is 16.2. The summed E-state index contributed by atoms with van der Waals surface area (Å²) in [6.45, 7) is 0.213. The van der Waals surface area contributed by atoms with Gasteiger partial charge in [-0.1, -0.05) is 12.1 Å². The van der Waals surface area contributed by atoms with E-state index < -0.39 is 0 Å². The van der Waals surface area contributed by atoms with Gasteiger partial charge in [0.05, 0.1) is 0 Å². The molecule has 0 bridgehead atoms. The lowest BCUT2D eigenvalue weighted by Gasteiger charge is -2.14. The molecule has 2 unspecified atom stereocenters. The summed E-state index contributed by atoms with van der Waals surface area (Å²) in [5, 5.41) is 12.3. The van der Waals surface area contributed by atoms with Gasteiger partial charge in [0, 0.05) is 24.4 Å². The first-order valence-electron chi connectivity index (χ1n) is 6.00. The summed E-state index contributed by atoms with van der Waals surface area (Å²) in [5.41, 5.74) is 8.21. The zero-order valence-electron chi connectivity index (χ0n) is 9.52. The van der Waals surface area contributed by atoms with Crippen LogP contribution in [0.25, 0.3) is 0 Å². The molecule has 4 N–H and O–H groups in total. The van der Waals surface area contributed by atoms with Crippen LogP contribution in [0.3, 0.4) is 0 Å². The minimum absolute atomic E-state index is 0.213. The summed E-state index contributed by atoms with van der Waals surface area (Å²) in [6, 6.07) is 9.18. The lowest BCUT2D eigenvalue weighted by Crippen LogP contribution is -2.20. The van der Waals surface area contributed by atoms with E-state index in [0.29, 0.717) is 12.1 Å². The maximum absolute atomic E-state index is 8.82. The molecule has 2 atom stereocenters. The highest BCUT2D eigenvalue weighted by Gasteiger charge is 2.21. The highest BCUT2D eigenvalue weighted by Crippen LogP contribution is 2.21. The number of nitrogens with one attached hydrogen (secondary N) is 1. The molecule has 0 heterocycles. The molecule has 3 heteroatoms. The molecule has 0 aromatic heterocycles. The van der Waals surface area contributed by atoms with Crippen LogP contribution in [0.1, 0.15) is 24.8 Å². The normalized spacial score (nSPS) is 24.6. The van der Waals surface area contributed by atoms with E-state index in [1.165, 1.54) is 12.0 Å². The smallest absolute Gasteiger partial charge is 0.0471 e. The third-order valence-electron chi connectivity index (χ3n) is 3.20. The summed E-state index contributed by atoms with van der Waals surface area (Å²) in [6.07, 6.45) is 4.09. The van der Waals surface area contributed by atoms with Crippen LogP contribution in [0.15, 0.2) is 24.3 Å². The second-order valence-corrected chi connectivity index (χ2v) is 4.58. The van der Waals surface area contributed by atoms with Crippen molar-refractivity contribution >= 4 is 5.69 Å². The first kappa shape index (κ1) is 11.4. The molecule has 0 radical (unpaired) electrons. The molecule has 1 aliphatic rings. The van der Waals surface area contributed by atoms with Crippen molar-refractivity contribution in [3.63, 3.8) is 0 Å². The van der Waals surface area contributed by atoms with Crippen molar-refractivity contribution in [2.24, 2.45) is 5.73 Å². The maximum Gasteiger partial charge on any atom is 0.0471 e. The number of nitrogens with two attached hydrogens (primary N) is 1. The zero-order chi connectivity index (χ0) is 11.4. The van der Waals surface area contributed by atoms with Gasteiger partial charge in [-0.05, 0) is 43.4 Å². The molecule has 1 aromatic carbocycles. The lowest BCUT2D eigenvalue weighted by atomic mass is 10.1. The minimum Gasteiger partial charge on any atom is -0.396 e. The Morgan fingerprint density at radius 2 is 2.00 bits per heavy atom. The predicted octanol–water partition coefficient (Wildman–Crippen LogP) is 1.51. The molecule has 1 fully saturated rings. The Hall–Kier alpha value is -1.06. The minimum atomic E-state index is 0.213. The molecular formula is C13H20N2O. The Labute approximate surface area is 96.7 Å². The monoisotopic (exact) mass is 220 g/mol. The van der Waals surface area contributed by atoms with Gasteiger partial charge >= 0.3 is 0 Å². The van der Waals surface area contributed by atoms with Gasteiger partial charge in [-0.15, -0.1) is 0 Å². The van der Waals surface area contributed by atoms with Crippen LogP contribution in [0.2, 0.25) is 0 Å². The van der Waals surface area contributed by atoms with Crippen molar-refractivity contribution in [2.45, 2.75) is 37.8 Å². The van der Waals surface area contributed by atoms with Gasteiger partial charge in [0.25, 0.3) is 0 Å². The van der Waals surface area contributed by atoms with Crippen LogP contribution in [-0.4, -0.2) is 23.8 Å². The summed E-state index contributed by atoms with van der Waals surface area (Å²) in [4.78, 5) is 0. The number of rotatable bonds is 4. The molecule has 0 amide bonds. The van der Waals surface area contributed by atoms with Crippen LogP contribution in [-0.2, 0) is 6.42 Å². The second kappa shape index (κ2) is 5.32. The molecule has 1 saturated carbocycles. The molecule has 0 saturated heterocycles. The average Bonchev–Trinajstić information content (AvgIpc) is 2.67. The number of hydrogen-bond donors (Lipinski definition) is 3. The van der Waals surface area contributed by atoms with Gasteiger partial charge < -0.3 is 16.2 Å². The van der Waals surface area contributed by atoms with Crippen molar-refractivity contribution in [2.75, 3.05) is 11.9 Å². The van der Waals surface area contributed by atoms with Crippen molar-refractivity contribution in [3.05, 3.63) is 29.8 Å². The fraction of sp³-hybridized carbons (Fsp3) is 0.538. The van der Waals surface area contributed by atoms with Gasteiger partial charge in [-0.3, -0.25) is 0 Å². The second-order valence-electron chi connectivity index (χ2n) is 4.58. The van der Waals surface area contributed by atoms with Gasteiger partial charge in [-0.2, -0.15) is 0 Å². The average molecular weight is 220 g/mol. The SMILES string of the molecule is NC1CCC(Nc2ccc(CCO)cc2)C1. The molecule has 3 nitrogen and oxygen atoms in total. The van der Waals surface area contributed by atoms with E-state index in [1.807, 2.05) is 0 Å². The standard InChI is InChI=1S/C13H20N2O/c14-11-3-6-13(9-11)15-12-4-1-10(2-5-12)7-8-16/h1-2,4-5,11,13,15-16H,3,6-9,14H2. The predicted molar refractivity (Wildman–Crippen MR) is 66.5 cm³/mol. The zero-order valence-corrected chi connectivity index (χ0v) is 9.52. The van der Waals surface area contributed by atoms with Crippen LogP contribution >= 0.6 is 0 Å². The Morgan fingerprint density at radius 3 is 2.56 bits per heavy atom. The fourth-order valence-corrected chi connectivity index (χ4v) is 2.28. The number of hydrogen-bond acceptors (Lipinski definition) is 3. The Bertz CT molecular complexity index is 323. The van der Waals surface area contributed by atoms with Crippen LogP contribution in [0.5, 0.6) is 0 Å². The van der Waals surface area contributed by atoms with Gasteiger partial charge in [0.1, 0.15) is 0 Å². The third-order valence-corrected chi connectivity index (χ3v) is 3.20. The van der Waals surface area contributed by atoms with Gasteiger partial charge in [-0.25, -0.2) is 0 Å². The number of benzene rings is 1. The van der Waals surface area contributed by atoms with Crippen molar-refractivity contribution in [1.82, 2.24) is 0 Å². The Kier molecular flexibility index (Phi) is 3.80. The van der Waals surface area contributed by atoms with Gasteiger partial charge in [0.2, 0.25) is 0 Å². The van der Waals surface area contributed by atoms with E-state index in [0.717, 1.165) is 24.9 Å². The quantitative estimate of drug-likeness (QED) is 0.721. The molecule has 0 aliphatic heterocycles. The summed E-state index contributed by atoms with van der Waals surface area (Å²) >= 11 is 0. The molecule has 1 aromatic rings. The van der Waals surface area contributed by atoms with Gasteiger partial charge in [0.15, 0.2) is 0 Å². The van der Waals surface area contributed by atoms with Crippen LogP contribution < -0.4 is 11.1 Å². The number of anilines is 1. The summed E-state index contributed by atoms with van der Waals surface area (Å²) in [7, 11) is 0. The summed E-state index contributed by atoms with van der Waals surface area (Å²) in [5.74, 6) is 0. The Morgan fingerprint density at radius 1 is 1.25 bits per heavy atom. The van der Waals surface area contributed by atoms with E-state index in [1.54, 1.807) is 0 Å². The topological polar surface area (TPSA) is 58.3 Å². The summed E-state index contributed by atoms with van der Waals surface area (Å²) < 4.78 is 0. The van der Waals surface area contributed by atoms with E-state index in [-0.39, 0.29) is 6.61 Å². The van der Waals surface area contributed by atoms with Crippen LogP contribution in [0, 0.1) is 0 Å². The first-order chi connectivity index (χ1) is 7.78. The first-order valence-corrected chi connectivity index (χ1v) is 6.00. The van der Waals surface area contributed by atoms with Crippen molar-refractivity contribution < 1.29 is 5.11 Å². The molecule has 2 rings (SSSR count). The molecule has 0 spiro atoms. The van der Waals surface area contributed by atoms with Crippen LogP contribution in [0.4, 0.5) is 5.69 Å². The van der Waals surface area contributed by atoms with E-state index >= 15 is 0 Å². The maximum atomic E-state index is 8.82. The van der Waals surface area contributed by atoms with E-state index in [9.17, 15) is 0 Å². The molecular weight excluding hydrogens is 200 g/mol. The van der Waals surface area contributed by atoms with Crippen molar-refractivity contribution in [3.8, 4) is 0 Å². The van der Waals surface area contributed by atoms with Crippen molar-refractivity contribution in [1.29, 1.82) is 0 Å². The fourth-order valence-electron chi connectivity index (χ4n) is 2.28. The Balaban J connectivity index is 1.89. The molecule has 1 aliphatic carbocycles. The largest absolute Gasteiger partial charge is 0.396 e. The highest BCUT2D eigenvalue weighted by molar-refractivity contribution is 5.45. The number of aliphatic hydroxyl groups excluding tert-OH is 1. The van der Waals surface area contributed by atoms with E-state index in [2.05, 4.69) is 29.6 Å². The molecule has 16 heavy (non-hydrogen) atoms. The lowest BCUT2D eigenvalue weighted by molar-refractivity contribution is 0.299. The number of aliphatic hydroxyl groups is 1.